The lowest BCUT2D eigenvalue weighted by Gasteiger charge is -2.03. The molecule has 2 nitrogen and oxygen atoms in total. The minimum Gasteiger partial charge on any atom is -0.471 e. The minimum atomic E-state index is 0.00231. The second kappa shape index (κ2) is 5.19. The van der Waals surface area contributed by atoms with Crippen molar-refractivity contribution >= 4 is 11.6 Å². The molecule has 0 fully saturated rings. The number of alkyl halides is 1. The number of aryl methyl sites for hydroxylation is 2. The van der Waals surface area contributed by atoms with Crippen molar-refractivity contribution in [2.75, 3.05) is 5.88 Å². The topological polar surface area (TPSA) is 30.2 Å². The van der Waals surface area contributed by atoms with Crippen LogP contribution in [0.3, 0.4) is 0 Å². The summed E-state index contributed by atoms with van der Waals surface area (Å²) in [6.07, 6.45) is 3.50. The second-order valence-corrected chi connectivity index (χ2v) is 4.33. The fourth-order valence-corrected chi connectivity index (χ4v) is 1.95. The van der Waals surface area contributed by atoms with Gasteiger partial charge in [0.2, 0.25) is 0 Å². The lowest BCUT2D eigenvalue weighted by Crippen LogP contribution is -2.11. The Morgan fingerprint density at radius 3 is 2.82 bits per heavy atom. The smallest absolute Gasteiger partial charge is 0.195 e. The van der Waals surface area contributed by atoms with Gasteiger partial charge in [0.1, 0.15) is 6.26 Å². The highest BCUT2D eigenvalue weighted by Gasteiger charge is 2.08. The maximum atomic E-state index is 12.2. The molecule has 1 aromatic heterocycles. The van der Waals surface area contributed by atoms with Crippen molar-refractivity contribution in [3.63, 3.8) is 0 Å². The molecule has 88 valence electrons. The van der Waals surface area contributed by atoms with Gasteiger partial charge in [-0.1, -0.05) is 29.8 Å². The third-order valence-corrected chi connectivity index (χ3v) is 2.81. The molecule has 0 bridgehead atoms. The Bertz CT molecular complexity index is 572. The normalized spacial score (nSPS) is 10.5. The Hall–Kier alpha value is -1.54. The van der Waals surface area contributed by atoms with Crippen LogP contribution >= 0.6 is 11.6 Å². The van der Waals surface area contributed by atoms with E-state index >= 15 is 0 Å². The van der Waals surface area contributed by atoms with E-state index in [1.807, 2.05) is 31.2 Å². The Balaban J connectivity index is 2.53. The van der Waals surface area contributed by atoms with Crippen LogP contribution < -0.4 is 5.43 Å². The molecule has 2 aromatic rings. The summed E-state index contributed by atoms with van der Waals surface area (Å²) >= 11 is 5.65. The SMILES string of the molecule is Cc1cccc(-c2cocc(CCCl)c2=O)c1. The average molecular weight is 249 g/mol. The highest BCUT2D eigenvalue weighted by molar-refractivity contribution is 6.17. The average Bonchev–Trinajstić information content (AvgIpc) is 2.32. The van der Waals surface area contributed by atoms with E-state index in [9.17, 15) is 4.79 Å². The van der Waals surface area contributed by atoms with Crippen molar-refractivity contribution in [2.45, 2.75) is 13.3 Å². The van der Waals surface area contributed by atoms with Gasteiger partial charge in [0.15, 0.2) is 5.43 Å². The van der Waals surface area contributed by atoms with E-state index in [0.717, 1.165) is 11.1 Å². The molecular weight excluding hydrogens is 236 g/mol. The lowest BCUT2D eigenvalue weighted by atomic mass is 10.0. The van der Waals surface area contributed by atoms with Crippen LogP contribution in [-0.4, -0.2) is 5.88 Å². The lowest BCUT2D eigenvalue weighted by molar-refractivity contribution is 0.543. The third-order valence-electron chi connectivity index (χ3n) is 2.63. The van der Waals surface area contributed by atoms with E-state index in [4.69, 9.17) is 16.0 Å². The van der Waals surface area contributed by atoms with Crippen LogP contribution in [-0.2, 0) is 6.42 Å². The number of benzene rings is 1. The first-order valence-electron chi connectivity index (χ1n) is 5.45. The van der Waals surface area contributed by atoms with Crippen LogP contribution in [0.5, 0.6) is 0 Å². The Morgan fingerprint density at radius 1 is 1.29 bits per heavy atom. The predicted molar refractivity (Wildman–Crippen MR) is 69.6 cm³/mol. The zero-order valence-corrected chi connectivity index (χ0v) is 10.3. The Kier molecular flexibility index (Phi) is 3.64. The maximum absolute atomic E-state index is 12.2. The molecule has 0 aliphatic carbocycles. The molecule has 0 unspecified atom stereocenters. The van der Waals surface area contributed by atoms with Crippen LogP contribution in [0, 0.1) is 6.92 Å². The molecule has 1 aromatic carbocycles. The molecular formula is C14H13ClO2. The molecule has 0 atom stereocenters. The van der Waals surface area contributed by atoms with E-state index < -0.39 is 0 Å². The summed E-state index contributed by atoms with van der Waals surface area (Å²) in [4.78, 5) is 12.2. The van der Waals surface area contributed by atoms with Gasteiger partial charge in [-0.2, -0.15) is 0 Å². The van der Waals surface area contributed by atoms with Crippen LogP contribution in [0.25, 0.3) is 11.1 Å². The highest BCUT2D eigenvalue weighted by atomic mass is 35.5. The van der Waals surface area contributed by atoms with Gasteiger partial charge in [0.25, 0.3) is 0 Å². The maximum Gasteiger partial charge on any atom is 0.195 e. The fraction of sp³-hybridized carbons (Fsp3) is 0.214. The fourth-order valence-electron chi connectivity index (χ4n) is 1.75. The molecule has 0 aliphatic rings. The standard InChI is InChI=1S/C14H13ClO2/c1-10-3-2-4-11(7-10)13-9-17-8-12(5-6-15)14(13)16/h2-4,7-9H,5-6H2,1H3. The third kappa shape index (κ3) is 2.59. The van der Waals surface area contributed by atoms with Crippen molar-refractivity contribution in [3.05, 3.63) is 58.1 Å². The van der Waals surface area contributed by atoms with Crippen LogP contribution in [0.4, 0.5) is 0 Å². The van der Waals surface area contributed by atoms with E-state index in [1.54, 1.807) is 0 Å². The van der Waals surface area contributed by atoms with Crippen LogP contribution in [0.15, 0.2) is 46.0 Å². The van der Waals surface area contributed by atoms with Crippen molar-refractivity contribution in [2.24, 2.45) is 0 Å². The largest absolute Gasteiger partial charge is 0.471 e. The zero-order chi connectivity index (χ0) is 12.3. The molecule has 17 heavy (non-hydrogen) atoms. The molecule has 2 rings (SSSR count). The molecule has 3 heteroatoms. The van der Waals surface area contributed by atoms with Gasteiger partial charge in [0, 0.05) is 11.4 Å². The van der Waals surface area contributed by atoms with Crippen molar-refractivity contribution < 1.29 is 4.42 Å². The first kappa shape index (κ1) is 11.9. The van der Waals surface area contributed by atoms with E-state index in [2.05, 4.69) is 0 Å². The summed E-state index contributed by atoms with van der Waals surface area (Å²) in [5.74, 6) is 0.419. The quantitative estimate of drug-likeness (QED) is 0.780. The summed E-state index contributed by atoms with van der Waals surface area (Å²) in [7, 11) is 0. The summed E-state index contributed by atoms with van der Waals surface area (Å²) < 4.78 is 5.21. The van der Waals surface area contributed by atoms with Crippen molar-refractivity contribution in [1.29, 1.82) is 0 Å². The molecule has 0 radical (unpaired) electrons. The predicted octanol–water partition coefficient (Wildman–Crippen LogP) is 3.40. The van der Waals surface area contributed by atoms with Crippen LogP contribution in [0.2, 0.25) is 0 Å². The van der Waals surface area contributed by atoms with Gasteiger partial charge in [-0.3, -0.25) is 4.79 Å². The van der Waals surface area contributed by atoms with E-state index in [-0.39, 0.29) is 5.43 Å². The Morgan fingerprint density at radius 2 is 2.12 bits per heavy atom. The summed E-state index contributed by atoms with van der Waals surface area (Å²) in [5, 5.41) is 0. The number of rotatable bonds is 3. The van der Waals surface area contributed by atoms with Gasteiger partial charge in [-0.05, 0) is 18.9 Å². The van der Waals surface area contributed by atoms with Gasteiger partial charge >= 0.3 is 0 Å². The summed E-state index contributed by atoms with van der Waals surface area (Å²) in [5.41, 5.74) is 3.22. The number of hydrogen-bond acceptors (Lipinski definition) is 2. The number of halogens is 1. The van der Waals surface area contributed by atoms with Gasteiger partial charge in [0.05, 0.1) is 11.8 Å². The second-order valence-electron chi connectivity index (χ2n) is 3.95. The summed E-state index contributed by atoms with van der Waals surface area (Å²) in [6.45, 7) is 1.99. The molecule has 0 saturated carbocycles. The van der Waals surface area contributed by atoms with Gasteiger partial charge < -0.3 is 4.42 Å². The summed E-state index contributed by atoms with van der Waals surface area (Å²) in [6, 6.07) is 7.80. The minimum absolute atomic E-state index is 0.00231. The van der Waals surface area contributed by atoms with E-state index in [1.165, 1.54) is 12.5 Å². The first-order chi connectivity index (χ1) is 8.22. The molecule has 0 aliphatic heterocycles. The number of hydrogen-bond donors (Lipinski definition) is 0. The van der Waals surface area contributed by atoms with Crippen LogP contribution in [0.1, 0.15) is 11.1 Å². The monoisotopic (exact) mass is 248 g/mol. The van der Waals surface area contributed by atoms with Crippen molar-refractivity contribution in [3.8, 4) is 11.1 Å². The zero-order valence-electron chi connectivity index (χ0n) is 9.57. The van der Waals surface area contributed by atoms with E-state index in [0.29, 0.717) is 23.4 Å². The van der Waals surface area contributed by atoms with Gasteiger partial charge in [-0.15, -0.1) is 11.6 Å². The molecule has 1 heterocycles. The first-order valence-corrected chi connectivity index (χ1v) is 5.98. The molecule has 0 N–H and O–H groups in total. The molecule has 0 saturated heterocycles. The highest BCUT2D eigenvalue weighted by Crippen LogP contribution is 2.17. The van der Waals surface area contributed by atoms with Crippen molar-refractivity contribution in [1.82, 2.24) is 0 Å². The molecule has 0 amide bonds. The van der Waals surface area contributed by atoms with Gasteiger partial charge in [-0.25, -0.2) is 0 Å². The molecule has 0 spiro atoms. The Labute approximate surface area is 105 Å².